The van der Waals surface area contributed by atoms with Crippen molar-refractivity contribution in [3.05, 3.63) is 29.8 Å². The average molecular weight is 234 g/mol. The summed E-state index contributed by atoms with van der Waals surface area (Å²) < 4.78 is 5.94. The molecule has 0 saturated heterocycles. The van der Waals surface area contributed by atoms with Crippen molar-refractivity contribution in [2.45, 2.75) is 57.7 Å². The van der Waals surface area contributed by atoms with Crippen LogP contribution in [-0.4, -0.2) is 11.2 Å². The van der Waals surface area contributed by atoms with Crippen molar-refractivity contribution >= 4 is 0 Å². The molecule has 2 rings (SSSR count). The highest BCUT2D eigenvalue weighted by atomic mass is 16.5. The van der Waals surface area contributed by atoms with Gasteiger partial charge in [-0.05, 0) is 49.8 Å². The lowest BCUT2D eigenvalue weighted by Gasteiger charge is -2.23. The zero-order chi connectivity index (χ0) is 12.1. The minimum absolute atomic E-state index is 0.348. The Labute approximate surface area is 104 Å². The van der Waals surface area contributed by atoms with E-state index in [-0.39, 0.29) is 6.10 Å². The first kappa shape index (κ1) is 12.4. The topological polar surface area (TPSA) is 29.5 Å². The molecule has 1 aromatic rings. The van der Waals surface area contributed by atoms with Crippen LogP contribution in [0.1, 0.15) is 57.1 Å². The molecule has 2 heteroatoms. The average Bonchev–Trinajstić information content (AvgIpc) is 2.40. The number of rotatable bonds is 4. The Morgan fingerprint density at radius 2 is 1.82 bits per heavy atom. The summed E-state index contributed by atoms with van der Waals surface area (Å²) in [5.74, 6) is 0.934. The maximum Gasteiger partial charge on any atom is 0.119 e. The van der Waals surface area contributed by atoms with E-state index in [1.165, 1.54) is 32.1 Å². The molecule has 1 aromatic carbocycles. The standard InChI is InChI=1S/C15H22O2/c1-2-15(16)12-8-10-14(11-9-12)17-13-6-4-3-5-7-13/h8-11,13,15-16H,2-7H2,1H3/t15-/m0/s1. The summed E-state index contributed by atoms with van der Waals surface area (Å²) in [4.78, 5) is 0. The molecule has 0 bridgehead atoms. The second kappa shape index (κ2) is 6.06. The van der Waals surface area contributed by atoms with Crippen LogP contribution < -0.4 is 4.74 Å². The number of ether oxygens (including phenoxy) is 1. The number of hydrogen-bond acceptors (Lipinski definition) is 2. The van der Waals surface area contributed by atoms with Gasteiger partial charge in [0, 0.05) is 0 Å². The first-order chi connectivity index (χ1) is 8.29. The highest BCUT2D eigenvalue weighted by Crippen LogP contribution is 2.25. The van der Waals surface area contributed by atoms with Gasteiger partial charge in [-0.2, -0.15) is 0 Å². The maximum atomic E-state index is 9.70. The van der Waals surface area contributed by atoms with Crippen LogP contribution in [0, 0.1) is 0 Å². The quantitative estimate of drug-likeness (QED) is 0.857. The van der Waals surface area contributed by atoms with Crippen LogP contribution in [0.15, 0.2) is 24.3 Å². The lowest BCUT2D eigenvalue weighted by atomic mass is 9.98. The zero-order valence-corrected chi connectivity index (χ0v) is 10.6. The van der Waals surface area contributed by atoms with Crippen LogP contribution in [0.4, 0.5) is 0 Å². The third-order valence-corrected chi connectivity index (χ3v) is 3.51. The zero-order valence-electron chi connectivity index (χ0n) is 10.6. The molecule has 1 atom stereocenters. The smallest absolute Gasteiger partial charge is 0.119 e. The molecule has 1 saturated carbocycles. The van der Waals surface area contributed by atoms with E-state index in [2.05, 4.69) is 0 Å². The van der Waals surface area contributed by atoms with Gasteiger partial charge < -0.3 is 9.84 Å². The van der Waals surface area contributed by atoms with Crippen LogP contribution in [0.25, 0.3) is 0 Å². The van der Waals surface area contributed by atoms with Gasteiger partial charge in [0.25, 0.3) is 0 Å². The largest absolute Gasteiger partial charge is 0.490 e. The molecule has 1 aliphatic rings. The summed E-state index contributed by atoms with van der Waals surface area (Å²) >= 11 is 0. The minimum Gasteiger partial charge on any atom is -0.490 e. The number of aliphatic hydroxyl groups is 1. The van der Waals surface area contributed by atoms with Gasteiger partial charge in [-0.1, -0.05) is 25.5 Å². The summed E-state index contributed by atoms with van der Waals surface area (Å²) in [5.41, 5.74) is 0.975. The van der Waals surface area contributed by atoms with Crippen molar-refractivity contribution in [2.75, 3.05) is 0 Å². The van der Waals surface area contributed by atoms with Crippen molar-refractivity contribution in [3.8, 4) is 5.75 Å². The van der Waals surface area contributed by atoms with E-state index in [0.717, 1.165) is 17.7 Å². The molecule has 17 heavy (non-hydrogen) atoms. The van der Waals surface area contributed by atoms with Crippen LogP contribution in [0.5, 0.6) is 5.75 Å². The van der Waals surface area contributed by atoms with Crippen LogP contribution in [0.2, 0.25) is 0 Å². The van der Waals surface area contributed by atoms with Crippen LogP contribution in [0.3, 0.4) is 0 Å². The molecule has 0 amide bonds. The molecule has 0 aliphatic heterocycles. The summed E-state index contributed by atoms with van der Waals surface area (Å²) in [6, 6.07) is 7.88. The molecule has 0 radical (unpaired) electrons. The number of hydrogen-bond donors (Lipinski definition) is 1. The molecule has 1 N–H and O–H groups in total. The van der Waals surface area contributed by atoms with Crippen molar-refractivity contribution < 1.29 is 9.84 Å². The summed E-state index contributed by atoms with van der Waals surface area (Å²) in [7, 11) is 0. The minimum atomic E-state index is -0.348. The molecule has 0 unspecified atom stereocenters. The first-order valence-corrected chi connectivity index (χ1v) is 6.74. The number of benzene rings is 1. The molecule has 1 fully saturated rings. The van der Waals surface area contributed by atoms with Crippen molar-refractivity contribution in [1.29, 1.82) is 0 Å². The Bertz CT molecular complexity index is 325. The molecule has 2 nitrogen and oxygen atoms in total. The fourth-order valence-corrected chi connectivity index (χ4v) is 2.38. The van der Waals surface area contributed by atoms with Gasteiger partial charge in [0.05, 0.1) is 12.2 Å². The van der Waals surface area contributed by atoms with Gasteiger partial charge >= 0.3 is 0 Å². The second-order valence-electron chi connectivity index (χ2n) is 4.87. The maximum absolute atomic E-state index is 9.70. The highest BCUT2D eigenvalue weighted by Gasteiger charge is 2.14. The normalized spacial score (nSPS) is 18.9. The van der Waals surface area contributed by atoms with Gasteiger partial charge in [0.15, 0.2) is 0 Å². The van der Waals surface area contributed by atoms with Crippen molar-refractivity contribution in [2.24, 2.45) is 0 Å². The summed E-state index contributed by atoms with van der Waals surface area (Å²) in [6.45, 7) is 1.98. The van der Waals surface area contributed by atoms with E-state index in [1.54, 1.807) is 0 Å². The van der Waals surface area contributed by atoms with Crippen molar-refractivity contribution in [1.82, 2.24) is 0 Å². The summed E-state index contributed by atoms with van der Waals surface area (Å²) in [5, 5.41) is 9.70. The van der Waals surface area contributed by atoms with E-state index < -0.39 is 0 Å². The molecular weight excluding hydrogens is 212 g/mol. The van der Waals surface area contributed by atoms with Crippen LogP contribution >= 0.6 is 0 Å². The Hall–Kier alpha value is -1.02. The van der Waals surface area contributed by atoms with E-state index >= 15 is 0 Å². The van der Waals surface area contributed by atoms with E-state index in [1.807, 2.05) is 31.2 Å². The van der Waals surface area contributed by atoms with Gasteiger partial charge in [-0.25, -0.2) is 0 Å². The number of aliphatic hydroxyl groups excluding tert-OH is 1. The monoisotopic (exact) mass is 234 g/mol. The van der Waals surface area contributed by atoms with Crippen molar-refractivity contribution in [3.63, 3.8) is 0 Å². The highest BCUT2D eigenvalue weighted by molar-refractivity contribution is 5.28. The molecular formula is C15H22O2. The van der Waals surface area contributed by atoms with Gasteiger partial charge in [0.1, 0.15) is 5.75 Å². The fraction of sp³-hybridized carbons (Fsp3) is 0.600. The third kappa shape index (κ3) is 3.47. The molecule has 1 aliphatic carbocycles. The SMILES string of the molecule is CC[C@H](O)c1ccc(OC2CCCCC2)cc1. The second-order valence-corrected chi connectivity index (χ2v) is 4.87. The van der Waals surface area contributed by atoms with E-state index in [4.69, 9.17) is 4.74 Å². The summed E-state index contributed by atoms with van der Waals surface area (Å²) in [6.07, 6.45) is 7.09. The van der Waals surface area contributed by atoms with Gasteiger partial charge in [0.2, 0.25) is 0 Å². The lowest BCUT2D eigenvalue weighted by molar-refractivity contribution is 0.154. The lowest BCUT2D eigenvalue weighted by Crippen LogP contribution is -2.19. The predicted octanol–water partition coefficient (Wildman–Crippen LogP) is 3.84. The Kier molecular flexibility index (Phi) is 4.43. The Morgan fingerprint density at radius 3 is 2.41 bits per heavy atom. The predicted molar refractivity (Wildman–Crippen MR) is 69.2 cm³/mol. The van der Waals surface area contributed by atoms with Crippen LogP contribution in [-0.2, 0) is 0 Å². The molecule has 0 spiro atoms. The Morgan fingerprint density at radius 1 is 1.18 bits per heavy atom. The van der Waals surface area contributed by atoms with E-state index in [9.17, 15) is 5.11 Å². The Balaban J connectivity index is 1.93. The molecule has 0 heterocycles. The van der Waals surface area contributed by atoms with E-state index in [0.29, 0.717) is 6.10 Å². The van der Waals surface area contributed by atoms with Gasteiger partial charge in [-0.15, -0.1) is 0 Å². The first-order valence-electron chi connectivity index (χ1n) is 6.74. The fourth-order valence-electron chi connectivity index (χ4n) is 2.38. The molecule has 0 aromatic heterocycles. The third-order valence-electron chi connectivity index (χ3n) is 3.51. The molecule has 94 valence electrons. The van der Waals surface area contributed by atoms with Gasteiger partial charge in [-0.3, -0.25) is 0 Å².